The fourth-order valence-electron chi connectivity index (χ4n) is 2.11. The van der Waals surface area contributed by atoms with E-state index < -0.39 is 11.8 Å². The lowest BCUT2D eigenvalue weighted by Gasteiger charge is -2.10. The first-order chi connectivity index (χ1) is 8.93. The van der Waals surface area contributed by atoms with E-state index in [9.17, 15) is 9.59 Å². The summed E-state index contributed by atoms with van der Waals surface area (Å²) in [5.74, 6) is -1.10. The maximum absolute atomic E-state index is 11.8. The number of fused-ring (bicyclic) bond motifs is 3. The van der Waals surface area contributed by atoms with Gasteiger partial charge in [-0.05, 0) is 11.5 Å². The summed E-state index contributed by atoms with van der Waals surface area (Å²) in [4.78, 5) is 23.6. The van der Waals surface area contributed by atoms with Gasteiger partial charge in [0.25, 0.3) is 11.8 Å². The Kier molecular flexibility index (Phi) is 2.91. The first-order valence-corrected chi connectivity index (χ1v) is 6.59. The SMILES string of the molecule is O=C1NC(=O)c2c1c(Cl)c(Cl)c1c(Cl)c(Cl)ccc21. The molecule has 0 atom stereocenters. The predicted molar refractivity (Wildman–Crippen MR) is 75.8 cm³/mol. The van der Waals surface area contributed by atoms with Crippen molar-refractivity contribution in [2.24, 2.45) is 0 Å². The van der Waals surface area contributed by atoms with Gasteiger partial charge in [-0.25, -0.2) is 0 Å². The van der Waals surface area contributed by atoms with Gasteiger partial charge in [-0.2, -0.15) is 0 Å². The molecule has 0 bridgehead atoms. The summed E-state index contributed by atoms with van der Waals surface area (Å²) in [7, 11) is 0. The zero-order chi connectivity index (χ0) is 13.9. The van der Waals surface area contributed by atoms with Crippen LogP contribution in [-0.4, -0.2) is 11.8 Å². The molecular formula is C12H3Cl4NO2. The van der Waals surface area contributed by atoms with Gasteiger partial charge in [0, 0.05) is 5.39 Å². The summed E-state index contributed by atoms with van der Waals surface area (Å²) in [5, 5.41) is 3.58. The third-order valence-corrected chi connectivity index (χ3v) is 4.58. The average Bonchev–Trinajstić information content (AvgIpc) is 2.65. The van der Waals surface area contributed by atoms with Crippen molar-refractivity contribution >= 4 is 69.0 Å². The second kappa shape index (κ2) is 4.25. The van der Waals surface area contributed by atoms with Crippen LogP contribution in [0.3, 0.4) is 0 Å². The normalized spacial score (nSPS) is 13.9. The molecule has 0 aliphatic carbocycles. The first-order valence-electron chi connectivity index (χ1n) is 5.07. The van der Waals surface area contributed by atoms with Crippen molar-refractivity contribution in [1.29, 1.82) is 0 Å². The lowest BCUT2D eigenvalue weighted by atomic mass is 10.00. The zero-order valence-electron chi connectivity index (χ0n) is 8.98. The number of carbonyl (C=O) groups excluding carboxylic acids is 2. The van der Waals surface area contributed by atoms with E-state index in [1.807, 2.05) is 0 Å². The van der Waals surface area contributed by atoms with E-state index in [-0.39, 0.29) is 31.2 Å². The molecule has 0 spiro atoms. The molecule has 1 aliphatic rings. The predicted octanol–water partition coefficient (Wildman–Crippen LogP) is 4.34. The number of halogens is 4. The number of rotatable bonds is 0. The van der Waals surface area contributed by atoms with Crippen LogP contribution in [0.4, 0.5) is 0 Å². The van der Waals surface area contributed by atoms with E-state index in [0.717, 1.165) is 0 Å². The van der Waals surface area contributed by atoms with Crippen LogP contribution in [0.25, 0.3) is 10.8 Å². The standard InChI is InChI=1S/C12H3Cl4NO2/c13-4-2-1-3-5-7(12(19)17-11(5)18)10(16)9(15)6(3)8(4)14/h1-2H,(H,17,18,19). The van der Waals surface area contributed by atoms with Gasteiger partial charge in [0.15, 0.2) is 0 Å². The largest absolute Gasteiger partial charge is 0.288 e. The lowest BCUT2D eigenvalue weighted by Crippen LogP contribution is -2.20. The molecule has 0 aromatic heterocycles. The number of nitrogens with one attached hydrogen (secondary N) is 1. The summed E-state index contributed by atoms with van der Waals surface area (Å²) in [5.41, 5.74) is 0.246. The molecule has 2 aromatic carbocycles. The van der Waals surface area contributed by atoms with Crippen molar-refractivity contribution in [1.82, 2.24) is 5.32 Å². The van der Waals surface area contributed by atoms with Crippen LogP contribution in [-0.2, 0) is 0 Å². The van der Waals surface area contributed by atoms with Crippen molar-refractivity contribution < 1.29 is 9.59 Å². The Morgan fingerprint density at radius 3 is 2.11 bits per heavy atom. The minimum Gasteiger partial charge on any atom is -0.288 e. The zero-order valence-corrected chi connectivity index (χ0v) is 12.0. The van der Waals surface area contributed by atoms with Crippen molar-refractivity contribution in [3.05, 3.63) is 43.4 Å². The molecule has 0 radical (unpaired) electrons. The minimum absolute atomic E-state index is 0.00307. The van der Waals surface area contributed by atoms with E-state index in [2.05, 4.69) is 5.32 Å². The van der Waals surface area contributed by atoms with Gasteiger partial charge < -0.3 is 0 Å². The second-order valence-electron chi connectivity index (χ2n) is 3.95. The summed E-state index contributed by atoms with van der Waals surface area (Å²) in [6.45, 7) is 0. The van der Waals surface area contributed by atoms with Crippen LogP contribution >= 0.6 is 46.4 Å². The molecule has 19 heavy (non-hydrogen) atoms. The number of amides is 2. The molecule has 1 aliphatic heterocycles. The van der Waals surface area contributed by atoms with Crippen LogP contribution in [0.5, 0.6) is 0 Å². The maximum atomic E-state index is 11.8. The highest BCUT2D eigenvalue weighted by Gasteiger charge is 2.34. The summed E-state index contributed by atoms with van der Waals surface area (Å²) in [6, 6.07) is 3.12. The van der Waals surface area contributed by atoms with Gasteiger partial charge in [-0.3, -0.25) is 14.9 Å². The molecule has 96 valence electrons. The monoisotopic (exact) mass is 333 g/mol. The third kappa shape index (κ3) is 1.66. The number of carbonyl (C=O) groups is 2. The quantitative estimate of drug-likeness (QED) is 0.728. The van der Waals surface area contributed by atoms with Gasteiger partial charge in [0.05, 0.1) is 31.2 Å². The number of hydrogen-bond donors (Lipinski definition) is 1. The number of imide groups is 1. The number of benzene rings is 2. The van der Waals surface area contributed by atoms with E-state index in [4.69, 9.17) is 46.4 Å². The molecule has 0 unspecified atom stereocenters. The van der Waals surface area contributed by atoms with Gasteiger partial charge in [0.2, 0.25) is 0 Å². The van der Waals surface area contributed by atoms with E-state index in [1.54, 1.807) is 6.07 Å². The Bertz CT molecular complexity index is 785. The Labute approximate surface area is 127 Å². The van der Waals surface area contributed by atoms with Crippen LogP contribution in [0.15, 0.2) is 12.1 Å². The molecule has 0 saturated heterocycles. The van der Waals surface area contributed by atoms with Gasteiger partial charge >= 0.3 is 0 Å². The summed E-state index contributed by atoms with van der Waals surface area (Å²) < 4.78 is 0. The molecule has 1 N–H and O–H groups in total. The molecule has 2 aromatic rings. The molecule has 0 saturated carbocycles. The highest BCUT2D eigenvalue weighted by Crippen LogP contribution is 2.44. The highest BCUT2D eigenvalue weighted by atomic mass is 35.5. The fourth-order valence-corrected chi connectivity index (χ4v) is 3.15. The van der Waals surface area contributed by atoms with Gasteiger partial charge in [-0.1, -0.05) is 52.5 Å². The van der Waals surface area contributed by atoms with Crippen molar-refractivity contribution in [3.8, 4) is 0 Å². The minimum atomic E-state index is -0.570. The van der Waals surface area contributed by atoms with Crippen molar-refractivity contribution in [3.63, 3.8) is 0 Å². The summed E-state index contributed by atoms with van der Waals surface area (Å²) >= 11 is 24.2. The topological polar surface area (TPSA) is 46.2 Å². The van der Waals surface area contributed by atoms with E-state index in [1.165, 1.54) is 6.07 Å². The second-order valence-corrected chi connectivity index (χ2v) is 5.49. The maximum Gasteiger partial charge on any atom is 0.260 e. The van der Waals surface area contributed by atoms with Gasteiger partial charge in [-0.15, -0.1) is 0 Å². The Morgan fingerprint density at radius 2 is 1.42 bits per heavy atom. The molecule has 1 heterocycles. The van der Waals surface area contributed by atoms with Crippen LogP contribution in [0.1, 0.15) is 20.7 Å². The Morgan fingerprint density at radius 1 is 0.789 bits per heavy atom. The first kappa shape index (κ1) is 13.0. The van der Waals surface area contributed by atoms with E-state index >= 15 is 0 Å². The van der Waals surface area contributed by atoms with Crippen LogP contribution in [0.2, 0.25) is 20.1 Å². The van der Waals surface area contributed by atoms with Gasteiger partial charge in [0.1, 0.15) is 0 Å². The van der Waals surface area contributed by atoms with E-state index in [0.29, 0.717) is 10.8 Å². The fraction of sp³-hybridized carbons (Fsp3) is 0. The Balaban J connectivity index is 2.62. The lowest BCUT2D eigenvalue weighted by molar-refractivity contribution is 0.0880. The molecule has 3 nitrogen and oxygen atoms in total. The highest BCUT2D eigenvalue weighted by molar-refractivity contribution is 6.53. The number of hydrogen-bond acceptors (Lipinski definition) is 2. The van der Waals surface area contributed by atoms with Crippen molar-refractivity contribution in [2.45, 2.75) is 0 Å². The molecule has 2 amide bonds. The van der Waals surface area contributed by atoms with Crippen molar-refractivity contribution in [2.75, 3.05) is 0 Å². The van der Waals surface area contributed by atoms with Crippen LogP contribution in [0, 0.1) is 0 Å². The molecule has 7 heteroatoms. The summed E-state index contributed by atoms with van der Waals surface area (Å²) in [6.07, 6.45) is 0. The molecule has 0 fully saturated rings. The molecule has 3 rings (SSSR count). The third-order valence-electron chi connectivity index (χ3n) is 2.93. The average molecular weight is 335 g/mol. The van der Waals surface area contributed by atoms with Crippen LogP contribution < -0.4 is 5.32 Å². The molecular weight excluding hydrogens is 332 g/mol. The Hall–Kier alpha value is -1.000. The smallest absolute Gasteiger partial charge is 0.260 e.